The number of carbonyl (C=O) groups is 1. The zero-order valence-corrected chi connectivity index (χ0v) is 12.9. The van der Waals surface area contributed by atoms with Crippen molar-refractivity contribution in [3.05, 3.63) is 51.9 Å². The fraction of sp³-hybridized carbons (Fsp3) is 0.333. The summed E-state index contributed by atoms with van der Waals surface area (Å²) in [5.41, 5.74) is 2.64. The Balaban J connectivity index is 1.86. The van der Waals surface area contributed by atoms with Crippen LogP contribution in [-0.4, -0.2) is 21.9 Å². The molecular formula is C15H19N3O2S. The number of thioether (sulfide) groups is 1. The van der Waals surface area contributed by atoms with Gasteiger partial charge >= 0.3 is 0 Å². The lowest BCUT2D eigenvalue weighted by atomic mass is 10.0. The first kappa shape index (κ1) is 15.4. The average Bonchev–Trinajstić information content (AvgIpc) is 2.85. The lowest BCUT2D eigenvalue weighted by molar-refractivity contribution is -0.113. The van der Waals surface area contributed by atoms with Crippen LogP contribution >= 0.6 is 11.8 Å². The number of H-pyrrole nitrogens is 2. The lowest BCUT2D eigenvalue weighted by Crippen LogP contribution is -2.15. The van der Waals surface area contributed by atoms with Gasteiger partial charge < -0.3 is 10.4 Å². The third-order valence-electron chi connectivity index (χ3n) is 3.00. The molecule has 1 heterocycles. The monoisotopic (exact) mass is 305 g/mol. The second-order valence-corrected chi connectivity index (χ2v) is 6.05. The van der Waals surface area contributed by atoms with E-state index in [-0.39, 0.29) is 11.5 Å². The fourth-order valence-corrected chi connectivity index (χ4v) is 2.74. The molecule has 0 saturated heterocycles. The molecule has 3 N–H and O–H groups in total. The number of aromatic amines is 2. The number of hydrogen-bond donors (Lipinski definition) is 3. The molecule has 2 rings (SSSR count). The molecule has 0 aliphatic rings. The molecule has 0 atom stereocenters. The van der Waals surface area contributed by atoms with E-state index in [1.54, 1.807) is 0 Å². The smallest absolute Gasteiger partial charge is 0.264 e. The van der Waals surface area contributed by atoms with E-state index < -0.39 is 0 Å². The summed E-state index contributed by atoms with van der Waals surface area (Å²) in [4.78, 5) is 22.9. The second-order valence-electron chi connectivity index (χ2n) is 5.07. The zero-order chi connectivity index (χ0) is 15.2. The maximum Gasteiger partial charge on any atom is 0.264 e. The van der Waals surface area contributed by atoms with Crippen LogP contribution in [0.4, 0.5) is 5.69 Å². The highest BCUT2D eigenvalue weighted by atomic mass is 32.2. The van der Waals surface area contributed by atoms with E-state index in [1.165, 1.54) is 17.8 Å². The van der Waals surface area contributed by atoms with Crippen LogP contribution in [0.3, 0.4) is 0 Å². The minimum absolute atomic E-state index is 0.0361. The number of rotatable bonds is 6. The molecule has 0 bridgehead atoms. The highest BCUT2D eigenvalue weighted by Gasteiger charge is 2.09. The molecule has 0 unspecified atom stereocenters. The van der Waals surface area contributed by atoms with E-state index in [9.17, 15) is 9.59 Å². The fourth-order valence-electron chi connectivity index (χ4n) is 2.00. The standard InChI is InChI=1S/C15H19N3O2S/c1-10(2)12-5-3-4-6-13(12)16-15(20)9-21-8-11-7-14(19)18-17-11/h3-7,10H,8-9H2,1-2H3,(H,16,20)(H2,17,18,19). The maximum atomic E-state index is 12.0. The summed E-state index contributed by atoms with van der Waals surface area (Å²) in [6, 6.07) is 9.33. The van der Waals surface area contributed by atoms with Crippen molar-refractivity contribution >= 4 is 23.4 Å². The Kier molecular flexibility index (Phi) is 5.27. The van der Waals surface area contributed by atoms with Gasteiger partial charge in [0.05, 0.1) is 5.75 Å². The van der Waals surface area contributed by atoms with Crippen LogP contribution in [0.2, 0.25) is 0 Å². The molecule has 1 aromatic carbocycles. The molecule has 0 saturated carbocycles. The Morgan fingerprint density at radius 1 is 1.29 bits per heavy atom. The number of nitrogens with one attached hydrogen (secondary N) is 3. The quantitative estimate of drug-likeness (QED) is 0.768. The normalized spacial score (nSPS) is 10.8. The molecule has 0 spiro atoms. The number of hydrogen-bond acceptors (Lipinski definition) is 3. The van der Waals surface area contributed by atoms with Gasteiger partial charge in [-0.05, 0) is 17.5 Å². The second kappa shape index (κ2) is 7.17. The Morgan fingerprint density at radius 3 is 2.71 bits per heavy atom. The summed E-state index contributed by atoms with van der Waals surface area (Å²) in [6.45, 7) is 4.20. The minimum atomic E-state index is -0.152. The van der Waals surface area contributed by atoms with E-state index in [1.807, 2.05) is 24.3 Å². The van der Waals surface area contributed by atoms with Crippen molar-refractivity contribution in [1.29, 1.82) is 0 Å². The van der Waals surface area contributed by atoms with Gasteiger partial charge in [-0.3, -0.25) is 14.7 Å². The first-order valence-corrected chi connectivity index (χ1v) is 7.95. The van der Waals surface area contributed by atoms with Gasteiger partial charge in [-0.15, -0.1) is 11.8 Å². The van der Waals surface area contributed by atoms with Crippen molar-refractivity contribution in [3.8, 4) is 0 Å². The van der Waals surface area contributed by atoms with E-state index in [0.29, 0.717) is 17.4 Å². The van der Waals surface area contributed by atoms with Gasteiger partial charge in [-0.2, -0.15) is 0 Å². The summed E-state index contributed by atoms with van der Waals surface area (Å²) in [5.74, 6) is 1.27. The minimum Gasteiger partial charge on any atom is -0.325 e. The molecule has 1 aromatic heterocycles. The lowest BCUT2D eigenvalue weighted by Gasteiger charge is -2.13. The molecule has 0 radical (unpaired) electrons. The molecule has 0 aliphatic heterocycles. The zero-order valence-electron chi connectivity index (χ0n) is 12.1. The van der Waals surface area contributed by atoms with Gasteiger partial charge in [0.25, 0.3) is 5.56 Å². The number of aromatic nitrogens is 2. The Labute approximate surface area is 127 Å². The topological polar surface area (TPSA) is 77.8 Å². The van der Waals surface area contributed by atoms with Crippen molar-refractivity contribution in [2.24, 2.45) is 0 Å². The van der Waals surface area contributed by atoms with Crippen LogP contribution in [0, 0.1) is 0 Å². The Bertz CT molecular complexity index is 661. The van der Waals surface area contributed by atoms with E-state index in [4.69, 9.17) is 0 Å². The molecule has 0 aliphatic carbocycles. The number of benzene rings is 1. The van der Waals surface area contributed by atoms with E-state index in [0.717, 1.165) is 16.9 Å². The highest BCUT2D eigenvalue weighted by Crippen LogP contribution is 2.23. The third kappa shape index (κ3) is 4.53. The van der Waals surface area contributed by atoms with Gasteiger partial charge in [-0.25, -0.2) is 0 Å². The van der Waals surface area contributed by atoms with Crippen molar-refractivity contribution in [2.45, 2.75) is 25.5 Å². The van der Waals surface area contributed by atoms with Gasteiger partial charge in [0, 0.05) is 23.2 Å². The Morgan fingerprint density at radius 2 is 2.05 bits per heavy atom. The third-order valence-corrected chi connectivity index (χ3v) is 3.98. The van der Waals surface area contributed by atoms with Crippen LogP contribution in [0.25, 0.3) is 0 Å². The molecule has 0 fully saturated rings. The molecule has 21 heavy (non-hydrogen) atoms. The molecule has 6 heteroatoms. The van der Waals surface area contributed by atoms with Crippen LogP contribution < -0.4 is 10.9 Å². The van der Waals surface area contributed by atoms with E-state index in [2.05, 4.69) is 29.4 Å². The van der Waals surface area contributed by atoms with Crippen molar-refractivity contribution in [1.82, 2.24) is 10.2 Å². The van der Waals surface area contributed by atoms with Crippen molar-refractivity contribution < 1.29 is 4.79 Å². The summed E-state index contributed by atoms with van der Waals surface area (Å²) in [7, 11) is 0. The summed E-state index contributed by atoms with van der Waals surface area (Å²) < 4.78 is 0. The highest BCUT2D eigenvalue weighted by molar-refractivity contribution is 7.99. The molecule has 112 valence electrons. The van der Waals surface area contributed by atoms with Gasteiger partial charge in [-0.1, -0.05) is 32.0 Å². The van der Waals surface area contributed by atoms with Gasteiger partial charge in [0.2, 0.25) is 5.91 Å². The van der Waals surface area contributed by atoms with Gasteiger partial charge in [0.1, 0.15) is 0 Å². The molecular weight excluding hydrogens is 286 g/mol. The Hall–Kier alpha value is -1.95. The number of para-hydroxylation sites is 1. The molecule has 2 aromatic rings. The largest absolute Gasteiger partial charge is 0.325 e. The van der Waals surface area contributed by atoms with Crippen molar-refractivity contribution in [3.63, 3.8) is 0 Å². The van der Waals surface area contributed by atoms with Gasteiger partial charge in [0.15, 0.2) is 0 Å². The van der Waals surface area contributed by atoms with Crippen LogP contribution in [0.1, 0.15) is 31.0 Å². The first-order valence-electron chi connectivity index (χ1n) is 6.79. The van der Waals surface area contributed by atoms with E-state index >= 15 is 0 Å². The van der Waals surface area contributed by atoms with Crippen LogP contribution in [-0.2, 0) is 10.5 Å². The first-order chi connectivity index (χ1) is 10.1. The summed E-state index contributed by atoms with van der Waals surface area (Å²) in [5, 5.41) is 8.18. The number of anilines is 1. The average molecular weight is 305 g/mol. The predicted molar refractivity (Wildman–Crippen MR) is 86.7 cm³/mol. The van der Waals surface area contributed by atoms with Crippen molar-refractivity contribution in [2.75, 3.05) is 11.1 Å². The predicted octanol–water partition coefficient (Wildman–Crippen LogP) is 2.70. The van der Waals surface area contributed by atoms with Crippen LogP contribution in [0.5, 0.6) is 0 Å². The number of amides is 1. The van der Waals surface area contributed by atoms with Crippen LogP contribution in [0.15, 0.2) is 35.1 Å². The molecule has 5 nitrogen and oxygen atoms in total. The summed E-state index contributed by atoms with van der Waals surface area (Å²) >= 11 is 1.46. The SMILES string of the molecule is CC(C)c1ccccc1NC(=O)CSCc1cc(=O)[nH][nH]1. The summed E-state index contributed by atoms with van der Waals surface area (Å²) in [6.07, 6.45) is 0. The maximum absolute atomic E-state index is 12.0. The molecule has 1 amide bonds. The number of carbonyl (C=O) groups excluding carboxylic acids is 1.